The number of carbonyl (C=O) groups excluding carboxylic acids is 1. The molecule has 2 rings (SSSR count). The van der Waals surface area contributed by atoms with Crippen molar-refractivity contribution in [2.45, 2.75) is 64.6 Å². The molecule has 1 aliphatic rings. The Labute approximate surface area is 143 Å². The number of nitrogens with one attached hydrogen (secondary N) is 2. The van der Waals surface area contributed by atoms with Crippen LogP contribution in [0.2, 0.25) is 5.02 Å². The minimum atomic E-state index is -0.257. The number of amides is 1. The third kappa shape index (κ3) is 6.40. The molecule has 1 aliphatic carbocycles. The Balaban J connectivity index is 1.93. The first kappa shape index (κ1) is 18.1. The van der Waals surface area contributed by atoms with E-state index in [1.54, 1.807) is 6.07 Å². The molecule has 4 nitrogen and oxygen atoms in total. The van der Waals surface area contributed by atoms with Crippen molar-refractivity contribution in [1.29, 1.82) is 0 Å². The lowest BCUT2D eigenvalue weighted by atomic mass is 10.1. The summed E-state index contributed by atoms with van der Waals surface area (Å²) in [5.41, 5.74) is 0.737. The van der Waals surface area contributed by atoms with Gasteiger partial charge >= 0.3 is 0 Å². The maximum Gasteiger partial charge on any atom is 0.258 e. The fourth-order valence-corrected chi connectivity index (χ4v) is 3.00. The zero-order valence-corrected chi connectivity index (χ0v) is 15.0. The molecule has 0 spiro atoms. The number of hydrogen-bond donors (Lipinski definition) is 2. The van der Waals surface area contributed by atoms with Crippen molar-refractivity contribution in [2.75, 3.05) is 6.61 Å². The smallest absolute Gasteiger partial charge is 0.258 e. The van der Waals surface area contributed by atoms with E-state index < -0.39 is 0 Å². The van der Waals surface area contributed by atoms with Crippen molar-refractivity contribution >= 4 is 17.5 Å². The van der Waals surface area contributed by atoms with E-state index in [0.29, 0.717) is 23.4 Å². The summed E-state index contributed by atoms with van der Waals surface area (Å²) in [6, 6.07) is 6.10. The second-order valence-electron chi connectivity index (χ2n) is 7.20. The van der Waals surface area contributed by atoms with Crippen molar-refractivity contribution in [2.24, 2.45) is 0 Å². The normalized spacial score (nSPS) is 15.7. The van der Waals surface area contributed by atoms with Crippen LogP contribution in [0.4, 0.5) is 0 Å². The molecule has 1 amide bonds. The average Bonchev–Trinajstić information content (AvgIpc) is 2.95. The summed E-state index contributed by atoms with van der Waals surface area (Å²) in [4.78, 5) is 11.9. The number of ether oxygens (including phenoxy) is 1. The first-order valence-corrected chi connectivity index (χ1v) is 8.67. The second kappa shape index (κ2) is 8.02. The van der Waals surface area contributed by atoms with Crippen LogP contribution in [0, 0.1) is 0 Å². The third-order valence-corrected chi connectivity index (χ3v) is 4.07. The van der Waals surface area contributed by atoms with Crippen LogP contribution in [0.25, 0.3) is 0 Å². The molecule has 0 bridgehead atoms. The summed E-state index contributed by atoms with van der Waals surface area (Å²) < 4.78 is 5.70. The predicted octanol–water partition coefficient (Wildman–Crippen LogP) is 3.67. The molecule has 0 atom stereocenters. The Bertz CT molecular complexity index is 534. The topological polar surface area (TPSA) is 50.4 Å². The van der Waals surface area contributed by atoms with Crippen molar-refractivity contribution < 1.29 is 9.53 Å². The van der Waals surface area contributed by atoms with Crippen molar-refractivity contribution in [3.63, 3.8) is 0 Å². The minimum absolute atomic E-state index is 0.00926. The van der Waals surface area contributed by atoms with Gasteiger partial charge in [0.1, 0.15) is 5.75 Å². The van der Waals surface area contributed by atoms with Gasteiger partial charge in [-0.15, -0.1) is 0 Å². The maximum absolute atomic E-state index is 11.9. The van der Waals surface area contributed by atoms with Gasteiger partial charge in [-0.25, -0.2) is 0 Å². The molecule has 1 saturated carbocycles. The monoisotopic (exact) mass is 338 g/mol. The molecular weight excluding hydrogens is 312 g/mol. The van der Waals surface area contributed by atoms with E-state index in [2.05, 4.69) is 10.6 Å². The number of carbonyl (C=O) groups is 1. The van der Waals surface area contributed by atoms with E-state index in [0.717, 1.165) is 5.56 Å². The molecular formula is C18H27ClN2O2. The largest absolute Gasteiger partial charge is 0.483 e. The fraction of sp³-hybridized carbons (Fsp3) is 0.611. The van der Waals surface area contributed by atoms with E-state index in [1.807, 2.05) is 32.9 Å². The summed E-state index contributed by atoms with van der Waals surface area (Å²) >= 11 is 6.10. The first-order valence-electron chi connectivity index (χ1n) is 8.29. The van der Waals surface area contributed by atoms with E-state index >= 15 is 0 Å². The highest BCUT2D eigenvalue weighted by Gasteiger charge is 2.17. The molecule has 5 heteroatoms. The van der Waals surface area contributed by atoms with Gasteiger partial charge in [-0.1, -0.05) is 24.4 Å². The van der Waals surface area contributed by atoms with Crippen LogP contribution in [0.3, 0.4) is 0 Å². The summed E-state index contributed by atoms with van der Waals surface area (Å²) in [5.74, 6) is 0.589. The highest BCUT2D eigenvalue weighted by Crippen LogP contribution is 2.24. The molecule has 0 heterocycles. The summed E-state index contributed by atoms with van der Waals surface area (Å²) in [7, 11) is 0. The number of benzene rings is 1. The molecule has 1 aromatic rings. The van der Waals surface area contributed by atoms with Gasteiger partial charge in [0.2, 0.25) is 0 Å². The fourth-order valence-electron chi connectivity index (χ4n) is 2.81. The second-order valence-corrected chi connectivity index (χ2v) is 7.64. The Kier molecular flexibility index (Phi) is 6.31. The molecule has 0 aliphatic heterocycles. The quantitative estimate of drug-likeness (QED) is 0.832. The third-order valence-electron chi connectivity index (χ3n) is 3.83. The van der Waals surface area contributed by atoms with E-state index in [4.69, 9.17) is 16.3 Å². The van der Waals surface area contributed by atoms with Crippen LogP contribution >= 0.6 is 11.6 Å². The maximum atomic E-state index is 11.9. The molecule has 1 fully saturated rings. The Morgan fingerprint density at radius 2 is 2.00 bits per heavy atom. The number of rotatable bonds is 6. The first-order chi connectivity index (χ1) is 10.8. The summed E-state index contributed by atoms with van der Waals surface area (Å²) in [6.07, 6.45) is 5.04. The van der Waals surface area contributed by atoms with Crippen LogP contribution in [0.5, 0.6) is 5.75 Å². The van der Waals surface area contributed by atoms with E-state index in [9.17, 15) is 4.79 Å². The zero-order valence-electron chi connectivity index (χ0n) is 14.2. The average molecular weight is 339 g/mol. The van der Waals surface area contributed by atoms with Gasteiger partial charge in [0.05, 0.1) is 0 Å². The van der Waals surface area contributed by atoms with Crippen LogP contribution in [0.15, 0.2) is 18.2 Å². The highest BCUT2D eigenvalue weighted by atomic mass is 35.5. The van der Waals surface area contributed by atoms with Gasteiger partial charge in [0, 0.05) is 28.7 Å². The van der Waals surface area contributed by atoms with Crippen LogP contribution in [-0.4, -0.2) is 24.1 Å². The van der Waals surface area contributed by atoms with Crippen molar-refractivity contribution in [1.82, 2.24) is 10.6 Å². The van der Waals surface area contributed by atoms with Crippen LogP contribution in [-0.2, 0) is 11.3 Å². The molecule has 1 aromatic carbocycles. The molecule has 23 heavy (non-hydrogen) atoms. The SMILES string of the molecule is CC(C)(C)NC(=O)COc1ccc(Cl)cc1CNC1CCCC1. The van der Waals surface area contributed by atoms with E-state index in [-0.39, 0.29) is 18.1 Å². The standard InChI is InChI=1S/C18H27ClN2O2/c1-18(2,3)21-17(22)12-23-16-9-8-14(19)10-13(16)11-20-15-6-4-5-7-15/h8-10,15,20H,4-7,11-12H2,1-3H3,(H,21,22). The van der Waals surface area contributed by atoms with Crippen molar-refractivity contribution in [3.8, 4) is 5.75 Å². The number of halogens is 1. The van der Waals surface area contributed by atoms with Gasteiger partial charge in [-0.05, 0) is 51.8 Å². The Morgan fingerprint density at radius 3 is 2.65 bits per heavy atom. The Morgan fingerprint density at radius 1 is 1.30 bits per heavy atom. The van der Waals surface area contributed by atoms with Crippen LogP contribution in [0.1, 0.15) is 52.0 Å². The van der Waals surface area contributed by atoms with Gasteiger partial charge in [-0.3, -0.25) is 4.79 Å². The molecule has 128 valence electrons. The molecule has 0 aromatic heterocycles. The molecule has 0 saturated heterocycles. The van der Waals surface area contributed by atoms with Gasteiger partial charge in [0.25, 0.3) is 5.91 Å². The highest BCUT2D eigenvalue weighted by molar-refractivity contribution is 6.30. The Hall–Kier alpha value is -1.26. The summed E-state index contributed by atoms with van der Waals surface area (Å²) in [5, 5.41) is 7.12. The summed E-state index contributed by atoms with van der Waals surface area (Å²) in [6.45, 7) is 6.56. The zero-order chi connectivity index (χ0) is 16.9. The van der Waals surface area contributed by atoms with E-state index in [1.165, 1.54) is 25.7 Å². The molecule has 0 unspecified atom stereocenters. The lowest BCUT2D eigenvalue weighted by Crippen LogP contribution is -2.43. The lowest BCUT2D eigenvalue weighted by molar-refractivity contribution is -0.124. The van der Waals surface area contributed by atoms with Crippen molar-refractivity contribution in [3.05, 3.63) is 28.8 Å². The number of hydrogen-bond acceptors (Lipinski definition) is 3. The van der Waals surface area contributed by atoms with Gasteiger partial charge in [0.15, 0.2) is 6.61 Å². The lowest BCUT2D eigenvalue weighted by Gasteiger charge is -2.21. The molecule has 2 N–H and O–H groups in total. The van der Waals surface area contributed by atoms with Gasteiger partial charge in [-0.2, -0.15) is 0 Å². The minimum Gasteiger partial charge on any atom is -0.483 e. The van der Waals surface area contributed by atoms with Crippen LogP contribution < -0.4 is 15.4 Å². The predicted molar refractivity (Wildman–Crippen MR) is 93.9 cm³/mol. The molecule has 0 radical (unpaired) electrons. The van der Waals surface area contributed by atoms with Gasteiger partial charge < -0.3 is 15.4 Å².